The van der Waals surface area contributed by atoms with Crippen molar-refractivity contribution in [1.29, 1.82) is 0 Å². The SMILES string of the molecule is Cc1ccccc1C(=O)OCC(=O)NC(=O)c1ccc(OC(F)F)cc1. The maximum Gasteiger partial charge on any atom is 0.387 e. The van der Waals surface area contributed by atoms with E-state index in [9.17, 15) is 23.2 Å². The molecule has 0 atom stereocenters. The van der Waals surface area contributed by atoms with Gasteiger partial charge in [0.25, 0.3) is 11.8 Å². The normalized spacial score (nSPS) is 10.3. The maximum atomic E-state index is 12.1. The van der Waals surface area contributed by atoms with E-state index in [1.807, 2.05) is 5.32 Å². The Hall–Kier alpha value is -3.29. The summed E-state index contributed by atoms with van der Waals surface area (Å²) in [5, 5.41) is 2.03. The third kappa shape index (κ3) is 5.37. The van der Waals surface area contributed by atoms with Crippen LogP contribution in [0.5, 0.6) is 5.75 Å². The second-order valence-electron chi connectivity index (χ2n) is 5.17. The summed E-state index contributed by atoms with van der Waals surface area (Å²) in [5.41, 5.74) is 1.08. The lowest BCUT2D eigenvalue weighted by Crippen LogP contribution is -2.34. The summed E-state index contributed by atoms with van der Waals surface area (Å²) in [5.74, 6) is -2.37. The van der Waals surface area contributed by atoms with Crippen molar-refractivity contribution in [1.82, 2.24) is 5.32 Å². The molecule has 0 unspecified atom stereocenters. The molecule has 0 heterocycles. The molecule has 0 aromatic heterocycles. The van der Waals surface area contributed by atoms with E-state index in [2.05, 4.69) is 4.74 Å². The number of halogens is 2. The summed E-state index contributed by atoms with van der Waals surface area (Å²) in [6.07, 6.45) is 0. The molecule has 0 fully saturated rings. The Morgan fingerprint density at radius 2 is 1.69 bits per heavy atom. The Labute approximate surface area is 147 Å². The molecule has 2 aromatic carbocycles. The number of imide groups is 1. The quantitative estimate of drug-likeness (QED) is 0.798. The summed E-state index contributed by atoms with van der Waals surface area (Å²) in [7, 11) is 0. The molecule has 0 aliphatic carbocycles. The number of aryl methyl sites for hydroxylation is 1. The molecule has 0 radical (unpaired) electrons. The van der Waals surface area contributed by atoms with Crippen LogP contribution in [-0.4, -0.2) is 31.0 Å². The average Bonchev–Trinajstić information content (AvgIpc) is 2.60. The van der Waals surface area contributed by atoms with Gasteiger partial charge in [0, 0.05) is 5.56 Å². The summed E-state index contributed by atoms with van der Waals surface area (Å²) in [4.78, 5) is 35.5. The van der Waals surface area contributed by atoms with E-state index >= 15 is 0 Å². The number of carbonyl (C=O) groups excluding carboxylic acids is 3. The molecular weight excluding hydrogens is 348 g/mol. The third-order valence-corrected chi connectivity index (χ3v) is 3.29. The summed E-state index contributed by atoms with van der Waals surface area (Å²) in [6, 6.07) is 11.5. The van der Waals surface area contributed by atoms with Gasteiger partial charge in [0.2, 0.25) is 0 Å². The molecule has 136 valence electrons. The van der Waals surface area contributed by atoms with Gasteiger partial charge in [-0.15, -0.1) is 0 Å². The molecule has 8 heteroatoms. The highest BCUT2D eigenvalue weighted by Crippen LogP contribution is 2.14. The summed E-state index contributed by atoms with van der Waals surface area (Å²) in [6.45, 7) is -1.88. The lowest BCUT2D eigenvalue weighted by atomic mass is 10.1. The van der Waals surface area contributed by atoms with Crippen molar-refractivity contribution in [3.63, 3.8) is 0 Å². The average molecular weight is 363 g/mol. The minimum atomic E-state index is -2.97. The van der Waals surface area contributed by atoms with Gasteiger partial charge in [-0.05, 0) is 42.8 Å². The highest BCUT2D eigenvalue weighted by atomic mass is 19.3. The number of nitrogens with one attached hydrogen (secondary N) is 1. The molecular formula is C18H15F2NO5. The Morgan fingerprint density at radius 3 is 2.31 bits per heavy atom. The van der Waals surface area contributed by atoms with Gasteiger partial charge in [0.15, 0.2) is 6.61 Å². The molecule has 2 rings (SSSR count). The van der Waals surface area contributed by atoms with Crippen LogP contribution in [0.4, 0.5) is 8.78 Å². The van der Waals surface area contributed by atoms with Crippen LogP contribution in [0.15, 0.2) is 48.5 Å². The van der Waals surface area contributed by atoms with Crippen molar-refractivity contribution >= 4 is 17.8 Å². The lowest BCUT2D eigenvalue weighted by Gasteiger charge is -2.08. The van der Waals surface area contributed by atoms with Crippen LogP contribution in [0.2, 0.25) is 0 Å². The zero-order chi connectivity index (χ0) is 19.1. The standard InChI is InChI=1S/C18H15F2NO5/c1-11-4-2-3-5-14(11)17(24)25-10-15(22)21-16(23)12-6-8-13(9-7-12)26-18(19)20/h2-9,18H,10H2,1H3,(H,21,22,23). The monoisotopic (exact) mass is 363 g/mol. The Balaban J connectivity index is 1.86. The Kier molecular flexibility index (Phi) is 6.37. The predicted octanol–water partition coefficient (Wildman–Crippen LogP) is 2.71. The second kappa shape index (κ2) is 8.70. The number of benzene rings is 2. The van der Waals surface area contributed by atoms with Crippen LogP contribution in [0.1, 0.15) is 26.3 Å². The van der Waals surface area contributed by atoms with Crippen LogP contribution in [0.25, 0.3) is 0 Å². The fourth-order valence-electron chi connectivity index (χ4n) is 2.03. The van der Waals surface area contributed by atoms with Crippen LogP contribution >= 0.6 is 0 Å². The minimum Gasteiger partial charge on any atom is -0.452 e. The van der Waals surface area contributed by atoms with E-state index < -0.39 is 31.0 Å². The number of amides is 2. The number of alkyl halides is 2. The number of hydrogen-bond acceptors (Lipinski definition) is 5. The van der Waals surface area contributed by atoms with Crippen molar-refractivity contribution < 1.29 is 32.6 Å². The van der Waals surface area contributed by atoms with Gasteiger partial charge in [0.1, 0.15) is 5.75 Å². The van der Waals surface area contributed by atoms with Gasteiger partial charge in [-0.25, -0.2) is 4.79 Å². The first-order chi connectivity index (χ1) is 12.4. The molecule has 2 amide bonds. The molecule has 6 nitrogen and oxygen atoms in total. The van der Waals surface area contributed by atoms with Gasteiger partial charge in [-0.1, -0.05) is 18.2 Å². The predicted molar refractivity (Wildman–Crippen MR) is 87.0 cm³/mol. The van der Waals surface area contributed by atoms with E-state index in [4.69, 9.17) is 4.74 Å². The topological polar surface area (TPSA) is 81.7 Å². The highest BCUT2D eigenvalue weighted by Gasteiger charge is 2.15. The van der Waals surface area contributed by atoms with E-state index in [0.717, 1.165) is 0 Å². The molecule has 2 aromatic rings. The molecule has 26 heavy (non-hydrogen) atoms. The van der Waals surface area contributed by atoms with Crippen molar-refractivity contribution in [3.05, 3.63) is 65.2 Å². The number of rotatable bonds is 6. The van der Waals surface area contributed by atoms with E-state index in [1.54, 1.807) is 31.2 Å². The first-order valence-electron chi connectivity index (χ1n) is 7.48. The molecule has 0 saturated heterocycles. The third-order valence-electron chi connectivity index (χ3n) is 3.29. The first-order valence-corrected chi connectivity index (χ1v) is 7.48. The Morgan fingerprint density at radius 1 is 1.04 bits per heavy atom. The minimum absolute atomic E-state index is 0.0604. The van der Waals surface area contributed by atoms with Crippen molar-refractivity contribution in [2.45, 2.75) is 13.5 Å². The highest BCUT2D eigenvalue weighted by molar-refractivity contribution is 6.05. The fraction of sp³-hybridized carbons (Fsp3) is 0.167. The van der Waals surface area contributed by atoms with Crippen LogP contribution in [-0.2, 0) is 9.53 Å². The van der Waals surface area contributed by atoms with Crippen LogP contribution < -0.4 is 10.1 Å². The molecule has 0 saturated carbocycles. The van der Waals surface area contributed by atoms with E-state index in [0.29, 0.717) is 11.1 Å². The molecule has 0 spiro atoms. The van der Waals surface area contributed by atoms with Gasteiger partial charge in [0.05, 0.1) is 5.56 Å². The molecule has 0 aliphatic rings. The molecule has 0 bridgehead atoms. The lowest BCUT2D eigenvalue weighted by molar-refractivity contribution is -0.123. The number of esters is 1. The maximum absolute atomic E-state index is 12.1. The van der Waals surface area contributed by atoms with E-state index in [1.165, 1.54) is 24.3 Å². The zero-order valence-electron chi connectivity index (χ0n) is 13.7. The second-order valence-corrected chi connectivity index (χ2v) is 5.17. The largest absolute Gasteiger partial charge is 0.452 e. The first kappa shape index (κ1) is 19.0. The van der Waals surface area contributed by atoms with Crippen LogP contribution in [0, 0.1) is 6.92 Å². The Bertz CT molecular complexity index is 805. The van der Waals surface area contributed by atoms with Crippen molar-refractivity contribution in [3.8, 4) is 5.75 Å². The smallest absolute Gasteiger partial charge is 0.387 e. The van der Waals surface area contributed by atoms with Crippen molar-refractivity contribution in [2.75, 3.05) is 6.61 Å². The number of hydrogen-bond donors (Lipinski definition) is 1. The molecule has 1 N–H and O–H groups in total. The van der Waals surface area contributed by atoms with E-state index in [-0.39, 0.29) is 11.3 Å². The fourth-order valence-corrected chi connectivity index (χ4v) is 2.03. The van der Waals surface area contributed by atoms with Crippen LogP contribution in [0.3, 0.4) is 0 Å². The van der Waals surface area contributed by atoms with Gasteiger partial charge >= 0.3 is 12.6 Å². The van der Waals surface area contributed by atoms with Gasteiger partial charge in [-0.3, -0.25) is 14.9 Å². The van der Waals surface area contributed by atoms with Gasteiger partial charge in [-0.2, -0.15) is 8.78 Å². The van der Waals surface area contributed by atoms with Crippen molar-refractivity contribution in [2.24, 2.45) is 0 Å². The number of ether oxygens (including phenoxy) is 2. The summed E-state index contributed by atoms with van der Waals surface area (Å²) < 4.78 is 33.1. The number of carbonyl (C=O) groups is 3. The van der Waals surface area contributed by atoms with Gasteiger partial charge < -0.3 is 9.47 Å². The zero-order valence-corrected chi connectivity index (χ0v) is 13.7. The molecule has 0 aliphatic heterocycles. The summed E-state index contributed by atoms with van der Waals surface area (Å²) >= 11 is 0.